The normalized spacial score (nSPS) is 12.4. The molecule has 0 saturated heterocycles. The van der Waals surface area contributed by atoms with E-state index in [9.17, 15) is 5.11 Å². The van der Waals surface area contributed by atoms with Crippen molar-refractivity contribution in [3.63, 3.8) is 0 Å². The molecule has 0 radical (unpaired) electrons. The Kier molecular flexibility index (Phi) is 3.49. The van der Waals surface area contributed by atoms with Crippen LogP contribution in [0.5, 0.6) is 0 Å². The second kappa shape index (κ2) is 5.05. The Morgan fingerprint density at radius 2 is 1.69 bits per heavy atom. The fraction of sp³-hybridized carbons (Fsp3) is 0.167. The van der Waals surface area contributed by atoms with Crippen LogP contribution in [-0.2, 0) is 0 Å². The molecule has 3 nitrogen and oxygen atoms in total. The smallest absolute Gasteiger partial charge is 0.222 e. The number of nitrogens with zero attached hydrogens (tertiary/aromatic N) is 2. The molecule has 0 fully saturated rings. The molecule has 1 aromatic heterocycles. The molecule has 16 heavy (non-hydrogen) atoms. The summed E-state index contributed by atoms with van der Waals surface area (Å²) < 4.78 is 0. The van der Waals surface area contributed by atoms with Crippen molar-refractivity contribution in [2.75, 3.05) is 6.61 Å². The minimum atomic E-state index is -0.0986. The zero-order valence-electron chi connectivity index (χ0n) is 8.55. The predicted molar refractivity (Wildman–Crippen MR) is 62.4 cm³/mol. The largest absolute Gasteiger partial charge is 0.395 e. The lowest BCUT2D eigenvalue weighted by atomic mass is 9.94. The molecule has 0 bridgehead atoms. The Hall–Kier alpha value is -1.45. The lowest BCUT2D eigenvalue weighted by Crippen LogP contribution is -2.06. The van der Waals surface area contributed by atoms with Gasteiger partial charge < -0.3 is 5.11 Å². The highest BCUT2D eigenvalue weighted by molar-refractivity contribution is 6.28. The fourth-order valence-electron chi connectivity index (χ4n) is 1.59. The standard InChI is InChI=1S/C12H11ClN2O/c13-12-14-6-10(7-15-12)11(8-16)9-4-2-1-3-5-9/h1-7,11,16H,8H2/t11-/m0/s1. The van der Waals surface area contributed by atoms with Crippen molar-refractivity contribution >= 4 is 11.6 Å². The number of benzene rings is 1. The van der Waals surface area contributed by atoms with Gasteiger partial charge in [0.15, 0.2) is 0 Å². The van der Waals surface area contributed by atoms with Crippen molar-refractivity contribution in [3.05, 3.63) is 59.1 Å². The van der Waals surface area contributed by atoms with Crippen molar-refractivity contribution < 1.29 is 5.11 Å². The van der Waals surface area contributed by atoms with Crippen molar-refractivity contribution in [2.24, 2.45) is 0 Å². The first-order valence-corrected chi connectivity index (χ1v) is 5.32. The van der Waals surface area contributed by atoms with Gasteiger partial charge in [-0.2, -0.15) is 0 Å². The maximum Gasteiger partial charge on any atom is 0.222 e. The molecule has 4 heteroatoms. The molecule has 2 aromatic rings. The molecule has 1 N–H and O–H groups in total. The molecule has 1 atom stereocenters. The maximum atomic E-state index is 9.41. The van der Waals surface area contributed by atoms with Crippen LogP contribution in [0.15, 0.2) is 42.7 Å². The molecule has 82 valence electrons. The first kappa shape index (κ1) is 11.0. The highest BCUT2D eigenvalue weighted by atomic mass is 35.5. The molecule has 0 saturated carbocycles. The third-order valence-corrected chi connectivity index (χ3v) is 2.62. The maximum absolute atomic E-state index is 9.41. The Bertz CT molecular complexity index is 444. The summed E-state index contributed by atoms with van der Waals surface area (Å²) in [6.07, 6.45) is 3.28. The van der Waals surface area contributed by atoms with Crippen molar-refractivity contribution in [3.8, 4) is 0 Å². The minimum Gasteiger partial charge on any atom is -0.395 e. The van der Waals surface area contributed by atoms with Crippen LogP contribution in [0.4, 0.5) is 0 Å². The zero-order valence-corrected chi connectivity index (χ0v) is 9.30. The Labute approximate surface area is 98.8 Å². The van der Waals surface area contributed by atoms with E-state index in [1.54, 1.807) is 12.4 Å². The van der Waals surface area contributed by atoms with Gasteiger partial charge in [0.25, 0.3) is 0 Å². The summed E-state index contributed by atoms with van der Waals surface area (Å²) in [5.74, 6) is -0.0986. The second-order valence-corrected chi connectivity index (χ2v) is 3.77. The number of aliphatic hydroxyl groups is 1. The van der Waals surface area contributed by atoms with Crippen molar-refractivity contribution in [1.82, 2.24) is 9.97 Å². The molecule has 0 amide bonds. The van der Waals surface area contributed by atoms with E-state index in [1.165, 1.54) is 0 Å². The number of halogens is 1. The van der Waals surface area contributed by atoms with Crippen LogP contribution < -0.4 is 0 Å². The Balaban J connectivity index is 2.33. The van der Waals surface area contributed by atoms with Crippen LogP contribution in [-0.4, -0.2) is 21.7 Å². The molecular formula is C12H11ClN2O. The summed E-state index contributed by atoms with van der Waals surface area (Å²) >= 11 is 5.62. The predicted octanol–water partition coefficient (Wildman–Crippen LogP) is 2.25. The van der Waals surface area contributed by atoms with Crippen molar-refractivity contribution in [1.29, 1.82) is 0 Å². The lowest BCUT2D eigenvalue weighted by molar-refractivity contribution is 0.280. The number of hydrogen-bond acceptors (Lipinski definition) is 3. The number of hydrogen-bond donors (Lipinski definition) is 1. The molecule has 0 aliphatic rings. The van der Waals surface area contributed by atoms with Gasteiger partial charge in [-0.1, -0.05) is 30.3 Å². The summed E-state index contributed by atoms with van der Waals surface area (Å²) in [4.78, 5) is 7.83. The number of rotatable bonds is 3. The van der Waals surface area contributed by atoms with Gasteiger partial charge in [-0.3, -0.25) is 0 Å². The first-order chi connectivity index (χ1) is 7.81. The summed E-state index contributed by atoms with van der Waals surface area (Å²) in [6.45, 7) is 0.0228. The van der Waals surface area contributed by atoms with E-state index in [-0.39, 0.29) is 17.8 Å². The summed E-state index contributed by atoms with van der Waals surface area (Å²) in [7, 11) is 0. The molecule has 1 aromatic carbocycles. The Morgan fingerprint density at radius 3 is 2.25 bits per heavy atom. The third kappa shape index (κ3) is 2.38. The van der Waals surface area contributed by atoms with Crippen LogP contribution in [0, 0.1) is 0 Å². The Morgan fingerprint density at radius 1 is 1.06 bits per heavy atom. The van der Waals surface area contributed by atoms with Crippen molar-refractivity contribution in [2.45, 2.75) is 5.92 Å². The average molecular weight is 235 g/mol. The average Bonchev–Trinajstić information content (AvgIpc) is 2.34. The molecule has 0 spiro atoms. The van der Waals surface area contributed by atoms with E-state index in [0.29, 0.717) is 0 Å². The molecular weight excluding hydrogens is 224 g/mol. The van der Waals surface area contributed by atoms with Crippen LogP contribution in [0.2, 0.25) is 5.28 Å². The topological polar surface area (TPSA) is 46.0 Å². The quantitative estimate of drug-likeness (QED) is 0.829. The van der Waals surface area contributed by atoms with Gasteiger partial charge in [-0.05, 0) is 22.7 Å². The summed E-state index contributed by atoms with van der Waals surface area (Å²) in [6, 6.07) is 9.75. The van der Waals surface area contributed by atoms with E-state index in [4.69, 9.17) is 11.6 Å². The van der Waals surface area contributed by atoms with E-state index < -0.39 is 0 Å². The van der Waals surface area contributed by atoms with Gasteiger partial charge in [0.1, 0.15) is 0 Å². The van der Waals surface area contributed by atoms with E-state index in [0.717, 1.165) is 11.1 Å². The number of aromatic nitrogens is 2. The molecule has 2 rings (SSSR count). The SMILES string of the molecule is OC[C@@H](c1ccccc1)c1cnc(Cl)nc1. The summed E-state index contributed by atoms with van der Waals surface area (Å²) in [5, 5.41) is 9.63. The van der Waals surface area contributed by atoms with Crippen LogP contribution >= 0.6 is 11.6 Å². The van der Waals surface area contributed by atoms with E-state index in [1.807, 2.05) is 30.3 Å². The molecule has 0 unspecified atom stereocenters. The van der Waals surface area contributed by atoms with E-state index >= 15 is 0 Å². The van der Waals surface area contributed by atoms with Gasteiger partial charge >= 0.3 is 0 Å². The fourth-order valence-corrected chi connectivity index (χ4v) is 1.69. The minimum absolute atomic E-state index is 0.0228. The third-order valence-electron chi connectivity index (χ3n) is 2.43. The van der Waals surface area contributed by atoms with Gasteiger partial charge in [-0.15, -0.1) is 0 Å². The summed E-state index contributed by atoms with van der Waals surface area (Å²) in [5.41, 5.74) is 1.90. The van der Waals surface area contributed by atoms with Gasteiger partial charge in [0.05, 0.1) is 6.61 Å². The molecule has 0 aliphatic heterocycles. The van der Waals surface area contributed by atoms with Crippen LogP contribution in [0.25, 0.3) is 0 Å². The monoisotopic (exact) mass is 234 g/mol. The van der Waals surface area contributed by atoms with Gasteiger partial charge in [0.2, 0.25) is 5.28 Å². The van der Waals surface area contributed by atoms with Gasteiger partial charge in [0, 0.05) is 18.3 Å². The number of aliphatic hydroxyl groups excluding tert-OH is 1. The van der Waals surface area contributed by atoms with Gasteiger partial charge in [-0.25, -0.2) is 9.97 Å². The van der Waals surface area contributed by atoms with Crippen LogP contribution in [0.3, 0.4) is 0 Å². The first-order valence-electron chi connectivity index (χ1n) is 4.94. The molecule has 0 aliphatic carbocycles. The molecule has 1 heterocycles. The lowest BCUT2D eigenvalue weighted by Gasteiger charge is -2.13. The van der Waals surface area contributed by atoms with Crippen LogP contribution in [0.1, 0.15) is 17.0 Å². The zero-order chi connectivity index (χ0) is 11.4. The second-order valence-electron chi connectivity index (χ2n) is 3.43. The highest BCUT2D eigenvalue weighted by Gasteiger charge is 2.13. The highest BCUT2D eigenvalue weighted by Crippen LogP contribution is 2.22. The van der Waals surface area contributed by atoms with E-state index in [2.05, 4.69) is 9.97 Å².